The molecule has 19 heavy (non-hydrogen) atoms. The lowest BCUT2D eigenvalue weighted by atomic mass is 10.2. The lowest BCUT2D eigenvalue weighted by Gasteiger charge is -2.15. The van der Waals surface area contributed by atoms with Gasteiger partial charge in [0.1, 0.15) is 12.8 Å². The maximum Gasteiger partial charge on any atom is 0.409 e. The molecule has 0 saturated heterocycles. The van der Waals surface area contributed by atoms with E-state index in [1.54, 1.807) is 0 Å². The number of nitrogens with one attached hydrogen (secondary N) is 1. The molecular formula is C13H17NO5. The smallest absolute Gasteiger partial charge is 0.409 e. The second kappa shape index (κ2) is 8.10. The van der Waals surface area contributed by atoms with Crippen molar-refractivity contribution in [3.63, 3.8) is 0 Å². The minimum Gasteiger partial charge on any atom is -0.469 e. The van der Waals surface area contributed by atoms with Crippen LogP contribution in [0.5, 0.6) is 0 Å². The van der Waals surface area contributed by atoms with Crippen molar-refractivity contribution in [2.75, 3.05) is 14.2 Å². The average Bonchev–Trinajstić information content (AvgIpc) is 2.45. The highest BCUT2D eigenvalue weighted by Gasteiger charge is 2.16. The SMILES string of the molecule is COC(=O)CC(NC(=O)OCc1ccccc1)OC. The minimum absolute atomic E-state index is 0.0760. The Morgan fingerprint density at radius 1 is 1.21 bits per heavy atom. The van der Waals surface area contributed by atoms with Crippen LogP contribution in [-0.4, -0.2) is 32.5 Å². The molecule has 0 aliphatic rings. The third-order valence-corrected chi connectivity index (χ3v) is 2.36. The Kier molecular flexibility index (Phi) is 6.38. The van der Waals surface area contributed by atoms with Crippen molar-refractivity contribution in [1.82, 2.24) is 5.32 Å². The van der Waals surface area contributed by atoms with E-state index in [0.29, 0.717) is 0 Å². The number of methoxy groups -OCH3 is 2. The van der Waals surface area contributed by atoms with Gasteiger partial charge >= 0.3 is 12.1 Å². The molecule has 104 valence electrons. The molecule has 1 rings (SSSR count). The van der Waals surface area contributed by atoms with E-state index in [4.69, 9.17) is 9.47 Å². The first-order valence-electron chi connectivity index (χ1n) is 5.72. The van der Waals surface area contributed by atoms with Crippen molar-refractivity contribution in [1.29, 1.82) is 0 Å². The number of rotatable bonds is 6. The Balaban J connectivity index is 2.35. The first-order chi connectivity index (χ1) is 9.15. The van der Waals surface area contributed by atoms with Crippen LogP contribution in [0.3, 0.4) is 0 Å². The van der Waals surface area contributed by atoms with Gasteiger partial charge in [0.2, 0.25) is 0 Å². The molecule has 0 bridgehead atoms. The molecule has 0 spiro atoms. The quantitative estimate of drug-likeness (QED) is 0.623. The van der Waals surface area contributed by atoms with Crippen molar-refractivity contribution in [3.05, 3.63) is 35.9 Å². The van der Waals surface area contributed by atoms with Gasteiger partial charge in [-0.3, -0.25) is 10.1 Å². The molecule has 6 heteroatoms. The highest BCUT2D eigenvalue weighted by molar-refractivity contribution is 5.72. The highest BCUT2D eigenvalue weighted by atomic mass is 16.6. The Bertz CT molecular complexity index is 407. The summed E-state index contributed by atoms with van der Waals surface area (Å²) >= 11 is 0. The predicted octanol–water partition coefficient (Wildman–Crippen LogP) is 1.45. The summed E-state index contributed by atoms with van der Waals surface area (Å²) in [4.78, 5) is 22.5. The van der Waals surface area contributed by atoms with E-state index in [1.807, 2.05) is 30.3 Å². The molecule has 0 aromatic heterocycles. The maximum atomic E-state index is 11.5. The molecular weight excluding hydrogens is 250 g/mol. The summed E-state index contributed by atoms with van der Waals surface area (Å²) in [5.74, 6) is -0.477. The van der Waals surface area contributed by atoms with Gasteiger partial charge in [-0.1, -0.05) is 30.3 Å². The van der Waals surface area contributed by atoms with Crippen LogP contribution in [0.15, 0.2) is 30.3 Å². The average molecular weight is 267 g/mol. The second-order valence-corrected chi connectivity index (χ2v) is 3.71. The summed E-state index contributed by atoms with van der Waals surface area (Å²) in [7, 11) is 2.65. The lowest BCUT2D eigenvalue weighted by molar-refractivity contribution is -0.143. The Morgan fingerprint density at radius 3 is 2.47 bits per heavy atom. The molecule has 1 unspecified atom stereocenters. The second-order valence-electron chi connectivity index (χ2n) is 3.71. The van der Waals surface area contributed by atoms with Crippen LogP contribution in [0.2, 0.25) is 0 Å². The zero-order valence-corrected chi connectivity index (χ0v) is 10.9. The third-order valence-electron chi connectivity index (χ3n) is 2.36. The van der Waals surface area contributed by atoms with Crippen molar-refractivity contribution in [2.24, 2.45) is 0 Å². The molecule has 1 aromatic carbocycles. The zero-order valence-electron chi connectivity index (χ0n) is 10.9. The van der Waals surface area contributed by atoms with E-state index in [0.717, 1.165) is 5.56 Å². The number of hydrogen-bond acceptors (Lipinski definition) is 5. The fourth-order valence-corrected chi connectivity index (χ4v) is 1.32. The number of ether oxygens (including phenoxy) is 3. The van der Waals surface area contributed by atoms with E-state index in [2.05, 4.69) is 10.1 Å². The van der Waals surface area contributed by atoms with Crippen molar-refractivity contribution >= 4 is 12.1 Å². The van der Waals surface area contributed by atoms with E-state index >= 15 is 0 Å². The number of amides is 1. The summed E-state index contributed by atoms with van der Waals surface area (Å²) in [5.41, 5.74) is 0.875. The fraction of sp³-hybridized carbons (Fsp3) is 0.385. The summed E-state index contributed by atoms with van der Waals surface area (Å²) in [6.07, 6.45) is -1.50. The molecule has 0 saturated carbocycles. The normalized spacial score (nSPS) is 11.5. The van der Waals surface area contributed by atoms with Gasteiger partial charge in [0.15, 0.2) is 0 Å². The van der Waals surface area contributed by atoms with Gasteiger partial charge in [-0.15, -0.1) is 0 Å². The van der Waals surface area contributed by atoms with Gasteiger partial charge in [-0.25, -0.2) is 4.79 Å². The molecule has 0 aliphatic heterocycles. The molecule has 1 N–H and O–H groups in total. The standard InChI is InChI=1S/C13H17NO5/c1-17-11(8-12(15)18-2)14-13(16)19-9-10-6-4-3-5-7-10/h3-7,11H,8-9H2,1-2H3,(H,14,16). The largest absolute Gasteiger partial charge is 0.469 e. The molecule has 0 heterocycles. The molecule has 0 radical (unpaired) electrons. The number of carbonyl (C=O) groups is 2. The van der Waals surface area contributed by atoms with Crippen LogP contribution in [-0.2, 0) is 25.6 Å². The predicted molar refractivity (Wildman–Crippen MR) is 67.2 cm³/mol. The summed E-state index contributed by atoms with van der Waals surface area (Å²) < 4.78 is 14.4. The molecule has 1 aromatic rings. The van der Waals surface area contributed by atoms with Crippen LogP contribution in [0.4, 0.5) is 4.79 Å². The van der Waals surface area contributed by atoms with Crippen molar-refractivity contribution in [3.8, 4) is 0 Å². The number of carbonyl (C=O) groups excluding carboxylic acids is 2. The zero-order chi connectivity index (χ0) is 14.1. The Hall–Kier alpha value is -2.08. The van der Waals surface area contributed by atoms with E-state index in [9.17, 15) is 9.59 Å². The van der Waals surface area contributed by atoms with E-state index in [-0.39, 0.29) is 13.0 Å². The van der Waals surface area contributed by atoms with Gasteiger partial charge in [-0.05, 0) is 5.56 Å². The van der Waals surface area contributed by atoms with Crippen molar-refractivity contribution in [2.45, 2.75) is 19.3 Å². The van der Waals surface area contributed by atoms with E-state index < -0.39 is 18.3 Å². The Labute approximate surface area is 111 Å². The maximum absolute atomic E-state index is 11.5. The molecule has 0 fully saturated rings. The van der Waals surface area contributed by atoms with Gasteiger partial charge in [-0.2, -0.15) is 0 Å². The van der Waals surface area contributed by atoms with Crippen LogP contribution >= 0.6 is 0 Å². The number of esters is 1. The first-order valence-corrected chi connectivity index (χ1v) is 5.72. The topological polar surface area (TPSA) is 73.9 Å². The summed E-state index contributed by atoms with van der Waals surface area (Å²) in [5, 5.41) is 2.42. The number of benzene rings is 1. The highest BCUT2D eigenvalue weighted by Crippen LogP contribution is 2.01. The minimum atomic E-state index is -0.768. The number of hydrogen-bond donors (Lipinski definition) is 1. The molecule has 0 aliphatic carbocycles. The van der Waals surface area contributed by atoms with Crippen molar-refractivity contribution < 1.29 is 23.8 Å². The Morgan fingerprint density at radius 2 is 1.89 bits per heavy atom. The van der Waals surface area contributed by atoms with Crippen LogP contribution < -0.4 is 5.32 Å². The fourth-order valence-electron chi connectivity index (χ4n) is 1.32. The monoisotopic (exact) mass is 267 g/mol. The molecule has 1 atom stereocenters. The summed E-state index contributed by atoms with van der Waals surface area (Å²) in [6, 6.07) is 9.27. The lowest BCUT2D eigenvalue weighted by Crippen LogP contribution is -2.38. The molecule has 1 amide bonds. The van der Waals surface area contributed by atoms with Gasteiger partial charge < -0.3 is 14.2 Å². The molecule has 6 nitrogen and oxygen atoms in total. The van der Waals surface area contributed by atoms with Gasteiger partial charge in [0, 0.05) is 7.11 Å². The van der Waals surface area contributed by atoms with Gasteiger partial charge in [0.25, 0.3) is 0 Å². The van der Waals surface area contributed by atoms with Crippen LogP contribution in [0.1, 0.15) is 12.0 Å². The van der Waals surface area contributed by atoms with Crippen LogP contribution in [0.25, 0.3) is 0 Å². The summed E-state index contributed by atoms with van der Waals surface area (Å²) in [6.45, 7) is 0.154. The first kappa shape index (κ1) is 15.0. The third kappa shape index (κ3) is 5.87. The number of alkyl carbamates (subject to hydrolysis) is 1. The van der Waals surface area contributed by atoms with Crippen LogP contribution in [0, 0.1) is 0 Å². The van der Waals surface area contributed by atoms with E-state index in [1.165, 1.54) is 14.2 Å². The van der Waals surface area contributed by atoms with Gasteiger partial charge in [0.05, 0.1) is 13.5 Å².